The van der Waals surface area contributed by atoms with Crippen molar-refractivity contribution in [1.82, 2.24) is 5.32 Å². The highest BCUT2D eigenvalue weighted by atomic mass is 16.5. The van der Waals surface area contributed by atoms with Crippen molar-refractivity contribution in [3.05, 3.63) is 0 Å². The molecule has 0 heterocycles. The summed E-state index contributed by atoms with van der Waals surface area (Å²) in [5.74, 6) is -2.28. The van der Waals surface area contributed by atoms with Gasteiger partial charge in [0.15, 0.2) is 6.04 Å². The quantitative estimate of drug-likeness (QED) is 0.410. The summed E-state index contributed by atoms with van der Waals surface area (Å²) in [6.07, 6.45) is 5.76. The molecule has 0 radical (unpaired) electrons. The average Bonchev–Trinajstić information content (AvgIpc) is 2.83. The Hall–Kier alpha value is -1.67. The molecule has 0 aliphatic heterocycles. The van der Waals surface area contributed by atoms with E-state index in [0.29, 0.717) is 0 Å². The van der Waals surface area contributed by atoms with Crippen LogP contribution < -0.4 is 11.1 Å². The molecule has 1 amide bonds. The molecule has 0 bridgehead atoms. The van der Waals surface area contributed by atoms with Gasteiger partial charge in [-0.25, -0.2) is 4.79 Å². The molecule has 1 saturated carbocycles. The number of aliphatic carboxylic acids is 1. The second-order valence-electron chi connectivity index (χ2n) is 7.23. The molecule has 1 aliphatic carbocycles. The molecule has 0 saturated heterocycles. The number of carboxylic acid groups (broad SMARTS) is 1. The first-order valence-electron chi connectivity index (χ1n) is 9.21. The number of ether oxygens (including phenoxy) is 2. The molecule has 0 aromatic rings. The van der Waals surface area contributed by atoms with Gasteiger partial charge >= 0.3 is 11.9 Å². The number of hydrogen-bond acceptors (Lipinski definition) is 6. The highest BCUT2D eigenvalue weighted by Gasteiger charge is 2.37. The van der Waals surface area contributed by atoms with Crippen molar-refractivity contribution in [2.24, 2.45) is 11.7 Å². The van der Waals surface area contributed by atoms with E-state index in [2.05, 4.69) is 19.2 Å². The number of carbonyl (C=O) groups is 3. The van der Waals surface area contributed by atoms with Gasteiger partial charge in [-0.1, -0.05) is 39.5 Å². The Kier molecular flexibility index (Phi) is 9.01. The summed E-state index contributed by atoms with van der Waals surface area (Å²) in [6.45, 7) is 4.16. The lowest BCUT2D eigenvalue weighted by molar-refractivity contribution is -0.152. The monoisotopic (exact) mass is 372 g/mol. The third-order valence-electron chi connectivity index (χ3n) is 5.07. The summed E-state index contributed by atoms with van der Waals surface area (Å²) in [6, 6.07) is -2.26. The third kappa shape index (κ3) is 6.57. The Morgan fingerprint density at radius 2 is 1.73 bits per heavy atom. The Balaban J connectivity index is 2.78. The number of rotatable bonds is 9. The number of amides is 1. The minimum absolute atomic E-state index is 0.0314. The average molecular weight is 372 g/mol. The fourth-order valence-corrected chi connectivity index (χ4v) is 3.34. The van der Waals surface area contributed by atoms with Crippen LogP contribution in [0, 0.1) is 5.92 Å². The van der Waals surface area contributed by atoms with E-state index in [1.54, 1.807) is 0 Å². The number of methoxy groups -OCH3 is 1. The summed E-state index contributed by atoms with van der Waals surface area (Å²) >= 11 is 0. The lowest BCUT2D eigenvalue weighted by Gasteiger charge is -2.38. The minimum atomic E-state index is -1.24. The first-order valence-corrected chi connectivity index (χ1v) is 9.21. The fraction of sp³-hybridized carbons (Fsp3) is 0.833. The maximum atomic E-state index is 12.1. The van der Waals surface area contributed by atoms with Gasteiger partial charge in [-0.2, -0.15) is 0 Å². The molecule has 2 atom stereocenters. The van der Waals surface area contributed by atoms with Crippen LogP contribution >= 0.6 is 0 Å². The molecule has 0 unspecified atom stereocenters. The second kappa shape index (κ2) is 10.5. The standard InChI is InChI=1S/C18H32N2O6/c1-12(2)18(8-6-4-5-7-9-18)26-11-14(17(24)25-3)20-16(23)13(19)10-15(21)22/h12-14H,4-11,19H2,1-3H3,(H,20,23)(H,21,22)/t13-,14-/m0/s1. The van der Waals surface area contributed by atoms with Crippen LogP contribution in [-0.2, 0) is 23.9 Å². The smallest absolute Gasteiger partial charge is 0.330 e. The highest BCUT2D eigenvalue weighted by Crippen LogP contribution is 2.36. The maximum Gasteiger partial charge on any atom is 0.330 e. The molecule has 1 aliphatic rings. The first kappa shape index (κ1) is 22.4. The van der Waals surface area contributed by atoms with Gasteiger partial charge in [-0.3, -0.25) is 9.59 Å². The number of carboxylic acids is 1. The van der Waals surface area contributed by atoms with E-state index in [1.165, 1.54) is 20.0 Å². The van der Waals surface area contributed by atoms with Crippen LogP contribution in [0.25, 0.3) is 0 Å². The Bertz CT molecular complexity index is 486. The van der Waals surface area contributed by atoms with Crippen LogP contribution in [0.3, 0.4) is 0 Å². The van der Waals surface area contributed by atoms with E-state index in [0.717, 1.165) is 25.7 Å². The Labute approximate surface area is 154 Å². The van der Waals surface area contributed by atoms with Crippen molar-refractivity contribution >= 4 is 17.8 Å². The van der Waals surface area contributed by atoms with Gasteiger partial charge < -0.3 is 25.6 Å². The topological polar surface area (TPSA) is 128 Å². The van der Waals surface area contributed by atoms with Crippen LogP contribution in [-0.4, -0.2) is 54.4 Å². The zero-order valence-corrected chi connectivity index (χ0v) is 16.0. The summed E-state index contributed by atoms with van der Waals surface area (Å²) in [7, 11) is 1.22. The minimum Gasteiger partial charge on any atom is -0.481 e. The van der Waals surface area contributed by atoms with Gasteiger partial charge in [0, 0.05) is 0 Å². The van der Waals surface area contributed by atoms with Crippen LogP contribution in [0.1, 0.15) is 58.8 Å². The molecule has 0 spiro atoms. The molecular formula is C18H32N2O6. The zero-order chi connectivity index (χ0) is 19.7. The molecule has 8 heteroatoms. The van der Waals surface area contributed by atoms with Crippen LogP contribution in [0.2, 0.25) is 0 Å². The van der Waals surface area contributed by atoms with Gasteiger partial charge in [0.1, 0.15) is 0 Å². The van der Waals surface area contributed by atoms with E-state index in [-0.39, 0.29) is 18.1 Å². The zero-order valence-electron chi connectivity index (χ0n) is 16.0. The summed E-state index contributed by atoms with van der Waals surface area (Å²) < 4.78 is 10.9. The normalized spacial score (nSPS) is 19.3. The second-order valence-corrected chi connectivity index (χ2v) is 7.23. The van der Waals surface area contributed by atoms with Crippen molar-refractivity contribution in [2.75, 3.05) is 13.7 Å². The molecule has 0 aromatic heterocycles. The number of esters is 1. The van der Waals surface area contributed by atoms with E-state index in [9.17, 15) is 14.4 Å². The molecule has 4 N–H and O–H groups in total. The Morgan fingerprint density at radius 1 is 1.15 bits per heavy atom. The van der Waals surface area contributed by atoms with E-state index in [4.69, 9.17) is 20.3 Å². The molecule has 1 fully saturated rings. The van der Waals surface area contributed by atoms with E-state index < -0.39 is 36.4 Å². The largest absolute Gasteiger partial charge is 0.481 e. The van der Waals surface area contributed by atoms with Gasteiger partial charge in [-0.05, 0) is 18.8 Å². The molecule has 0 aromatic carbocycles. The summed E-state index contributed by atoms with van der Waals surface area (Å²) in [5.41, 5.74) is 5.22. The van der Waals surface area contributed by atoms with Crippen molar-refractivity contribution in [1.29, 1.82) is 0 Å². The van der Waals surface area contributed by atoms with Gasteiger partial charge in [0.05, 0.1) is 31.8 Å². The first-order chi connectivity index (χ1) is 12.2. The van der Waals surface area contributed by atoms with Crippen LogP contribution in [0.5, 0.6) is 0 Å². The Morgan fingerprint density at radius 3 is 2.19 bits per heavy atom. The van der Waals surface area contributed by atoms with Gasteiger partial charge in [0.25, 0.3) is 0 Å². The van der Waals surface area contributed by atoms with Gasteiger partial charge in [-0.15, -0.1) is 0 Å². The molecule has 1 rings (SSSR count). The number of nitrogens with two attached hydrogens (primary N) is 1. The van der Waals surface area contributed by atoms with Crippen LogP contribution in [0.4, 0.5) is 0 Å². The highest BCUT2D eigenvalue weighted by molar-refractivity contribution is 5.89. The van der Waals surface area contributed by atoms with Crippen molar-refractivity contribution in [3.8, 4) is 0 Å². The van der Waals surface area contributed by atoms with E-state index in [1.807, 2.05) is 0 Å². The summed E-state index contributed by atoms with van der Waals surface area (Å²) in [5, 5.41) is 11.2. The summed E-state index contributed by atoms with van der Waals surface area (Å²) in [4.78, 5) is 34.8. The molecule has 150 valence electrons. The SMILES string of the molecule is COC(=O)[C@H](COC1(C(C)C)CCCCCC1)NC(=O)[C@@H](N)CC(=O)O. The number of nitrogens with one attached hydrogen (secondary N) is 1. The maximum absolute atomic E-state index is 12.1. The van der Waals surface area contributed by atoms with Crippen molar-refractivity contribution in [2.45, 2.75) is 76.5 Å². The third-order valence-corrected chi connectivity index (χ3v) is 5.07. The van der Waals surface area contributed by atoms with Crippen molar-refractivity contribution in [3.63, 3.8) is 0 Å². The van der Waals surface area contributed by atoms with Crippen LogP contribution in [0.15, 0.2) is 0 Å². The van der Waals surface area contributed by atoms with E-state index >= 15 is 0 Å². The predicted octanol–water partition coefficient (Wildman–Crippen LogP) is 1.21. The number of hydrogen-bond donors (Lipinski definition) is 3. The number of carbonyl (C=O) groups excluding carboxylic acids is 2. The lowest BCUT2D eigenvalue weighted by atomic mass is 9.83. The fourth-order valence-electron chi connectivity index (χ4n) is 3.34. The predicted molar refractivity (Wildman–Crippen MR) is 95.4 cm³/mol. The van der Waals surface area contributed by atoms with Crippen molar-refractivity contribution < 1.29 is 29.0 Å². The molecule has 26 heavy (non-hydrogen) atoms. The van der Waals surface area contributed by atoms with Gasteiger partial charge in [0.2, 0.25) is 5.91 Å². The molecular weight excluding hydrogens is 340 g/mol. The molecule has 8 nitrogen and oxygen atoms in total. The lowest BCUT2D eigenvalue weighted by Crippen LogP contribution is -2.52.